The molecule has 0 unspecified atom stereocenters. The number of carbonyl (C=O) groups is 2. The smallest absolute Gasteiger partial charge is 0.407 e. The standard InChI is InChI=1S/C26H41N3O3S/c1-26(2,3)32-25(31)28-16-23(24(30)29(4)21-6-5-7-21)19-10-8-18(9-11-19)17-33-22-14-12-20(27)13-15-22/h12-15,18-19,21,23H,5-11,16-17,27H2,1-4H3,(H,28,31)/t18?,19?,23-/m1/s1. The van der Waals surface area contributed by atoms with Gasteiger partial charge in [0.2, 0.25) is 5.91 Å². The summed E-state index contributed by atoms with van der Waals surface area (Å²) in [4.78, 5) is 28.9. The Labute approximate surface area is 203 Å². The number of amides is 2. The first-order chi connectivity index (χ1) is 15.6. The maximum atomic E-state index is 13.4. The first-order valence-corrected chi connectivity index (χ1v) is 13.3. The summed E-state index contributed by atoms with van der Waals surface area (Å²) < 4.78 is 5.41. The molecule has 3 rings (SSSR count). The van der Waals surface area contributed by atoms with Crippen LogP contribution in [0.25, 0.3) is 0 Å². The summed E-state index contributed by atoms with van der Waals surface area (Å²) in [6, 6.07) is 8.42. The van der Waals surface area contributed by atoms with E-state index in [4.69, 9.17) is 10.5 Å². The zero-order chi connectivity index (χ0) is 24.0. The van der Waals surface area contributed by atoms with Crippen LogP contribution in [0.2, 0.25) is 0 Å². The second-order valence-corrected chi connectivity index (χ2v) is 11.8. The lowest BCUT2D eigenvalue weighted by Crippen LogP contribution is -2.49. The molecule has 1 aromatic rings. The molecule has 2 aliphatic rings. The predicted molar refractivity (Wildman–Crippen MR) is 135 cm³/mol. The van der Waals surface area contributed by atoms with Crippen molar-refractivity contribution >= 4 is 29.4 Å². The highest BCUT2D eigenvalue weighted by atomic mass is 32.2. The molecule has 7 heteroatoms. The molecule has 0 radical (unpaired) electrons. The van der Waals surface area contributed by atoms with Crippen molar-refractivity contribution in [2.45, 2.75) is 82.3 Å². The van der Waals surface area contributed by atoms with Crippen molar-refractivity contribution in [2.24, 2.45) is 17.8 Å². The fourth-order valence-electron chi connectivity index (χ4n) is 4.71. The van der Waals surface area contributed by atoms with E-state index in [9.17, 15) is 9.59 Å². The molecule has 0 heterocycles. The fourth-order valence-corrected chi connectivity index (χ4v) is 5.80. The van der Waals surface area contributed by atoms with Crippen molar-refractivity contribution in [2.75, 3.05) is 25.1 Å². The van der Waals surface area contributed by atoms with Crippen LogP contribution in [-0.4, -0.2) is 47.9 Å². The van der Waals surface area contributed by atoms with E-state index in [1.54, 1.807) is 0 Å². The summed E-state index contributed by atoms with van der Waals surface area (Å²) in [6.45, 7) is 5.90. The van der Waals surface area contributed by atoms with Gasteiger partial charge in [0.05, 0.1) is 5.92 Å². The van der Waals surface area contributed by atoms with E-state index in [2.05, 4.69) is 17.4 Å². The number of nitrogens with two attached hydrogens (primary N) is 1. The predicted octanol–water partition coefficient (Wildman–Crippen LogP) is 5.32. The number of anilines is 1. The summed E-state index contributed by atoms with van der Waals surface area (Å²) in [5.74, 6) is 2.03. The Morgan fingerprint density at radius 3 is 2.30 bits per heavy atom. The van der Waals surface area contributed by atoms with Gasteiger partial charge in [-0.25, -0.2) is 4.79 Å². The van der Waals surface area contributed by atoms with E-state index in [0.29, 0.717) is 24.4 Å². The van der Waals surface area contributed by atoms with Crippen molar-refractivity contribution in [3.8, 4) is 0 Å². The number of benzene rings is 1. The lowest BCUT2D eigenvalue weighted by molar-refractivity contribution is -0.140. The molecule has 0 bridgehead atoms. The minimum atomic E-state index is -0.549. The summed E-state index contributed by atoms with van der Waals surface area (Å²) in [6.07, 6.45) is 7.22. The van der Waals surface area contributed by atoms with Gasteiger partial charge in [0, 0.05) is 36.0 Å². The SMILES string of the molecule is CN(C(=O)[C@H](CNC(=O)OC(C)(C)C)C1CCC(CSc2ccc(N)cc2)CC1)C1CCC1. The van der Waals surface area contributed by atoms with E-state index in [-0.39, 0.29) is 11.8 Å². The van der Waals surface area contributed by atoms with Gasteiger partial charge in [-0.1, -0.05) is 0 Å². The topological polar surface area (TPSA) is 84.7 Å². The number of nitrogens with one attached hydrogen (secondary N) is 1. The minimum Gasteiger partial charge on any atom is -0.444 e. The molecular formula is C26H41N3O3S. The molecule has 6 nitrogen and oxygen atoms in total. The fraction of sp³-hybridized carbons (Fsp3) is 0.692. The van der Waals surface area contributed by atoms with Gasteiger partial charge in [-0.3, -0.25) is 4.79 Å². The van der Waals surface area contributed by atoms with Crippen molar-refractivity contribution in [1.29, 1.82) is 0 Å². The van der Waals surface area contributed by atoms with Gasteiger partial charge in [0.1, 0.15) is 5.60 Å². The maximum Gasteiger partial charge on any atom is 0.407 e. The van der Waals surface area contributed by atoms with Crippen LogP contribution in [0.5, 0.6) is 0 Å². The van der Waals surface area contributed by atoms with Gasteiger partial charge in [-0.15, -0.1) is 11.8 Å². The van der Waals surface area contributed by atoms with Crippen LogP contribution >= 0.6 is 11.8 Å². The van der Waals surface area contributed by atoms with E-state index in [1.165, 1.54) is 11.3 Å². The highest BCUT2D eigenvalue weighted by molar-refractivity contribution is 7.99. The summed E-state index contributed by atoms with van der Waals surface area (Å²) in [5, 5.41) is 2.89. The quantitative estimate of drug-likeness (QED) is 0.393. The third-order valence-corrected chi connectivity index (χ3v) is 8.22. The summed E-state index contributed by atoms with van der Waals surface area (Å²) in [5.41, 5.74) is 6.03. The zero-order valence-corrected chi connectivity index (χ0v) is 21.5. The van der Waals surface area contributed by atoms with Crippen molar-refractivity contribution < 1.29 is 14.3 Å². The highest BCUT2D eigenvalue weighted by Crippen LogP contribution is 2.37. The lowest BCUT2D eigenvalue weighted by Gasteiger charge is -2.40. The van der Waals surface area contributed by atoms with Gasteiger partial charge in [-0.2, -0.15) is 0 Å². The van der Waals surface area contributed by atoms with Gasteiger partial charge >= 0.3 is 6.09 Å². The van der Waals surface area contributed by atoms with Crippen LogP contribution in [0.3, 0.4) is 0 Å². The molecule has 0 saturated heterocycles. The average molecular weight is 476 g/mol. The molecule has 3 N–H and O–H groups in total. The van der Waals surface area contributed by atoms with E-state index in [0.717, 1.165) is 50.0 Å². The average Bonchev–Trinajstić information content (AvgIpc) is 2.71. The van der Waals surface area contributed by atoms with Crippen LogP contribution in [0, 0.1) is 17.8 Å². The Kier molecular flexibility index (Phi) is 8.96. The molecule has 1 atom stereocenters. The zero-order valence-electron chi connectivity index (χ0n) is 20.6. The number of hydrogen-bond acceptors (Lipinski definition) is 5. The van der Waals surface area contributed by atoms with Crippen molar-refractivity contribution in [3.05, 3.63) is 24.3 Å². The largest absolute Gasteiger partial charge is 0.444 e. The molecule has 1 aromatic carbocycles. The van der Waals surface area contributed by atoms with E-state index < -0.39 is 11.7 Å². The number of nitrogens with zero attached hydrogens (tertiary/aromatic N) is 1. The number of hydrogen-bond donors (Lipinski definition) is 2. The molecule has 0 aromatic heterocycles. The molecule has 2 aliphatic carbocycles. The van der Waals surface area contributed by atoms with Gasteiger partial charge in [0.15, 0.2) is 0 Å². The molecule has 2 fully saturated rings. The maximum absolute atomic E-state index is 13.4. The molecule has 0 aliphatic heterocycles. The number of thioether (sulfide) groups is 1. The van der Waals surface area contributed by atoms with Crippen LogP contribution in [0.1, 0.15) is 65.7 Å². The first-order valence-electron chi connectivity index (χ1n) is 12.3. The van der Waals surface area contributed by atoms with Crippen LogP contribution in [-0.2, 0) is 9.53 Å². The molecule has 184 valence electrons. The van der Waals surface area contributed by atoms with Crippen molar-refractivity contribution in [3.63, 3.8) is 0 Å². The minimum absolute atomic E-state index is 0.176. The number of nitrogen functional groups attached to an aromatic ring is 1. The Bertz CT molecular complexity index is 781. The highest BCUT2D eigenvalue weighted by Gasteiger charge is 2.37. The van der Waals surface area contributed by atoms with Crippen LogP contribution in [0.15, 0.2) is 29.2 Å². The molecule has 2 amide bonds. The Balaban J connectivity index is 1.54. The van der Waals surface area contributed by atoms with Crippen molar-refractivity contribution in [1.82, 2.24) is 10.2 Å². The molecule has 33 heavy (non-hydrogen) atoms. The Hall–Kier alpha value is -1.89. The summed E-state index contributed by atoms with van der Waals surface area (Å²) >= 11 is 1.89. The normalized spacial score (nSPS) is 22.2. The number of carbonyl (C=O) groups excluding carboxylic acids is 2. The third kappa shape index (κ3) is 7.83. The van der Waals surface area contributed by atoms with Gasteiger partial charge in [-0.05, 0) is 102 Å². The van der Waals surface area contributed by atoms with Crippen LogP contribution in [0.4, 0.5) is 10.5 Å². The van der Waals surface area contributed by atoms with Gasteiger partial charge in [0.25, 0.3) is 0 Å². The third-order valence-electron chi connectivity index (χ3n) is 6.98. The number of alkyl carbamates (subject to hydrolysis) is 1. The number of ether oxygens (including phenoxy) is 1. The lowest BCUT2D eigenvalue weighted by atomic mass is 9.75. The van der Waals surface area contributed by atoms with Gasteiger partial charge < -0.3 is 20.7 Å². The molecule has 2 saturated carbocycles. The monoisotopic (exact) mass is 475 g/mol. The van der Waals surface area contributed by atoms with E-state index >= 15 is 0 Å². The summed E-state index contributed by atoms with van der Waals surface area (Å²) in [7, 11) is 1.93. The second kappa shape index (κ2) is 11.5. The molecular weight excluding hydrogens is 434 g/mol. The number of rotatable bonds is 8. The van der Waals surface area contributed by atoms with Crippen LogP contribution < -0.4 is 11.1 Å². The van der Waals surface area contributed by atoms with E-state index in [1.807, 2.05) is 56.6 Å². The second-order valence-electron chi connectivity index (χ2n) is 10.7. The Morgan fingerprint density at radius 1 is 1.12 bits per heavy atom. The Morgan fingerprint density at radius 2 is 1.76 bits per heavy atom. The first kappa shape index (κ1) is 25.7. The molecule has 0 spiro atoms.